The minimum atomic E-state index is -1.17. The van der Waals surface area contributed by atoms with Crippen LogP contribution < -0.4 is 10.1 Å². The molecule has 1 rings (SSSR count). The molecule has 18 heavy (non-hydrogen) atoms. The van der Waals surface area contributed by atoms with Crippen molar-refractivity contribution >= 4 is 18.0 Å². The van der Waals surface area contributed by atoms with Gasteiger partial charge in [0.15, 0.2) is 6.61 Å². The molecule has 0 aliphatic heterocycles. The van der Waals surface area contributed by atoms with E-state index in [0.29, 0.717) is 0 Å². The van der Waals surface area contributed by atoms with Gasteiger partial charge in [-0.15, -0.1) is 0 Å². The van der Waals surface area contributed by atoms with Gasteiger partial charge in [0.1, 0.15) is 11.3 Å². The molecule has 7 heteroatoms. The van der Waals surface area contributed by atoms with E-state index in [1.807, 2.05) is 5.32 Å². The molecule has 1 aromatic rings. The van der Waals surface area contributed by atoms with Gasteiger partial charge in [0, 0.05) is 0 Å². The molecule has 0 aliphatic carbocycles. The van der Waals surface area contributed by atoms with Crippen LogP contribution in [-0.4, -0.2) is 36.8 Å². The minimum Gasteiger partial charge on any atom is -0.483 e. The van der Waals surface area contributed by atoms with Crippen molar-refractivity contribution in [2.45, 2.75) is 0 Å². The number of nitrogens with one attached hydrogen (secondary N) is 1. The van der Waals surface area contributed by atoms with Gasteiger partial charge in [0.25, 0.3) is 5.91 Å². The third-order valence-electron chi connectivity index (χ3n) is 1.90. The summed E-state index contributed by atoms with van der Waals surface area (Å²) in [5, 5.41) is 10.7. The number of para-hydroxylation sites is 1. The lowest BCUT2D eigenvalue weighted by Gasteiger charge is -2.08. The highest BCUT2D eigenvalue weighted by Crippen LogP contribution is 2.17. The Labute approximate surface area is 102 Å². The van der Waals surface area contributed by atoms with E-state index < -0.39 is 24.6 Å². The van der Waals surface area contributed by atoms with Gasteiger partial charge in [-0.3, -0.25) is 10.1 Å². The van der Waals surface area contributed by atoms with Crippen LogP contribution in [0.3, 0.4) is 0 Å². The van der Waals surface area contributed by atoms with E-state index in [9.17, 15) is 14.4 Å². The largest absolute Gasteiger partial charge is 0.483 e. The first-order chi connectivity index (χ1) is 8.54. The smallest absolute Gasteiger partial charge is 0.413 e. The van der Waals surface area contributed by atoms with Crippen LogP contribution in [0.4, 0.5) is 4.79 Å². The molecule has 0 spiro atoms. The molecular formula is C11H11NO6. The number of aromatic carboxylic acids is 1. The van der Waals surface area contributed by atoms with E-state index in [4.69, 9.17) is 9.84 Å². The number of alkyl carbamates (subject to hydrolysis) is 1. The van der Waals surface area contributed by atoms with Crippen molar-refractivity contribution in [3.05, 3.63) is 29.8 Å². The van der Waals surface area contributed by atoms with Crippen molar-refractivity contribution in [3.63, 3.8) is 0 Å². The molecular weight excluding hydrogens is 242 g/mol. The van der Waals surface area contributed by atoms with Gasteiger partial charge in [-0.1, -0.05) is 12.1 Å². The van der Waals surface area contributed by atoms with Crippen LogP contribution in [0.15, 0.2) is 24.3 Å². The summed E-state index contributed by atoms with van der Waals surface area (Å²) in [5.41, 5.74) is -0.0663. The molecule has 0 heterocycles. The zero-order valence-corrected chi connectivity index (χ0v) is 9.50. The maximum absolute atomic E-state index is 11.2. The normalized spacial score (nSPS) is 9.39. The maximum atomic E-state index is 11.2. The fourth-order valence-electron chi connectivity index (χ4n) is 1.11. The number of methoxy groups -OCH3 is 1. The monoisotopic (exact) mass is 253 g/mol. The number of carbonyl (C=O) groups is 3. The average Bonchev–Trinajstić information content (AvgIpc) is 2.36. The van der Waals surface area contributed by atoms with Crippen molar-refractivity contribution in [1.29, 1.82) is 0 Å². The van der Waals surface area contributed by atoms with Crippen molar-refractivity contribution < 1.29 is 29.0 Å². The minimum absolute atomic E-state index is 0.0463. The number of carboxylic acid groups (broad SMARTS) is 1. The summed E-state index contributed by atoms with van der Waals surface area (Å²) < 4.78 is 9.22. The zero-order chi connectivity index (χ0) is 13.5. The molecule has 0 aliphatic rings. The van der Waals surface area contributed by atoms with Crippen LogP contribution in [0.1, 0.15) is 10.4 Å². The van der Waals surface area contributed by atoms with Gasteiger partial charge in [-0.2, -0.15) is 0 Å². The highest BCUT2D eigenvalue weighted by molar-refractivity contribution is 5.93. The van der Waals surface area contributed by atoms with Gasteiger partial charge >= 0.3 is 12.1 Å². The molecule has 0 fully saturated rings. The Morgan fingerprint density at radius 3 is 2.56 bits per heavy atom. The summed E-state index contributed by atoms with van der Waals surface area (Å²) in [4.78, 5) is 32.7. The third kappa shape index (κ3) is 3.78. The number of carbonyl (C=O) groups excluding carboxylic acids is 2. The van der Waals surface area contributed by atoms with E-state index in [1.54, 1.807) is 6.07 Å². The quantitative estimate of drug-likeness (QED) is 0.816. The Bertz CT molecular complexity index is 470. The van der Waals surface area contributed by atoms with Gasteiger partial charge in [0.05, 0.1) is 7.11 Å². The summed E-state index contributed by atoms with van der Waals surface area (Å²) in [6, 6.07) is 5.86. The molecule has 0 saturated heterocycles. The van der Waals surface area contributed by atoms with Crippen LogP contribution in [-0.2, 0) is 9.53 Å². The second-order valence-electron chi connectivity index (χ2n) is 3.13. The van der Waals surface area contributed by atoms with Crippen LogP contribution in [0.25, 0.3) is 0 Å². The fraction of sp³-hybridized carbons (Fsp3) is 0.182. The first kappa shape index (κ1) is 13.5. The summed E-state index contributed by atoms with van der Waals surface area (Å²) in [6.45, 7) is -0.487. The van der Waals surface area contributed by atoms with Crippen LogP contribution >= 0.6 is 0 Å². The summed E-state index contributed by atoms with van der Waals surface area (Å²) in [6.07, 6.45) is -0.907. The summed E-state index contributed by atoms with van der Waals surface area (Å²) in [5.74, 6) is -1.86. The van der Waals surface area contributed by atoms with Gasteiger partial charge in [-0.05, 0) is 12.1 Å². The zero-order valence-electron chi connectivity index (χ0n) is 9.50. The Kier molecular flexibility index (Phi) is 4.67. The molecule has 96 valence electrons. The molecule has 0 aromatic heterocycles. The Balaban J connectivity index is 2.61. The number of hydrogen-bond acceptors (Lipinski definition) is 5. The lowest BCUT2D eigenvalue weighted by Crippen LogP contribution is -2.34. The number of benzene rings is 1. The third-order valence-corrected chi connectivity index (χ3v) is 1.90. The average molecular weight is 253 g/mol. The second kappa shape index (κ2) is 6.24. The molecule has 2 N–H and O–H groups in total. The first-order valence-corrected chi connectivity index (χ1v) is 4.87. The molecule has 0 saturated carbocycles. The molecule has 0 atom stereocenters. The topological polar surface area (TPSA) is 102 Å². The standard InChI is InChI=1S/C11H11NO6/c1-17-11(16)12-9(13)6-18-8-5-3-2-4-7(8)10(14)15/h2-5H,6H2,1H3,(H,14,15)(H,12,13,16). The number of hydrogen-bond donors (Lipinski definition) is 2. The SMILES string of the molecule is COC(=O)NC(=O)COc1ccccc1C(=O)O. The van der Waals surface area contributed by atoms with Gasteiger partial charge < -0.3 is 14.6 Å². The van der Waals surface area contributed by atoms with Crippen LogP contribution in [0.5, 0.6) is 5.75 Å². The Morgan fingerprint density at radius 2 is 1.94 bits per heavy atom. The van der Waals surface area contributed by atoms with E-state index in [2.05, 4.69) is 4.74 Å². The van der Waals surface area contributed by atoms with Gasteiger partial charge in [-0.25, -0.2) is 9.59 Å². The van der Waals surface area contributed by atoms with Crippen molar-refractivity contribution in [2.75, 3.05) is 13.7 Å². The molecule has 7 nitrogen and oxygen atoms in total. The summed E-state index contributed by atoms with van der Waals surface area (Å²) >= 11 is 0. The predicted octanol–water partition coefficient (Wildman–Crippen LogP) is 0.646. The molecule has 0 radical (unpaired) electrons. The molecule has 0 bridgehead atoms. The fourth-order valence-corrected chi connectivity index (χ4v) is 1.11. The molecule has 2 amide bonds. The number of carboxylic acids is 1. The predicted molar refractivity (Wildman–Crippen MR) is 59.4 cm³/mol. The van der Waals surface area contributed by atoms with Crippen molar-refractivity contribution in [1.82, 2.24) is 5.32 Å². The van der Waals surface area contributed by atoms with Crippen LogP contribution in [0.2, 0.25) is 0 Å². The highest BCUT2D eigenvalue weighted by atomic mass is 16.5. The maximum Gasteiger partial charge on any atom is 0.413 e. The van der Waals surface area contributed by atoms with E-state index in [1.165, 1.54) is 18.2 Å². The Hall–Kier alpha value is -2.57. The van der Waals surface area contributed by atoms with Gasteiger partial charge in [0.2, 0.25) is 0 Å². The number of rotatable bonds is 4. The Morgan fingerprint density at radius 1 is 1.28 bits per heavy atom. The van der Waals surface area contributed by atoms with E-state index in [-0.39, 0.29) is 11.3 Å². The summed E-state index contributed by atoms with van der Waals surface area (Å²) in [7, 11) is 1.11. The number of amides is 2. The highest BCUT2D eigenvalue weighted by Gasteiger charge is 2.13. The molecule has 1 aromatic carbocycles. The number of ether oxygens (including phenoxy) is 2. The van der Waals surface area contributed by atoms with Crippen molar-refractivity contribution in [2.24, 2.45) is 0 Å². The molecule has 0 unspecified atom stereocenters. The van der Waals surface area contributed by atoms with Crippen LogP contribution in [0, 0.1) is 0 Å². The van der Waals surface area contributed by atoms with E-state index >= 15 is 0 Å². The van der Waals surface area contributed by atoms with Crippen molar-refractivity contribution in [3.8, 4) is 5.75 Å². The number of imide groups is 1. The first-order valence-electron chi connectivity index (χ1n) is 4.87. The lowest BCUT2D eigenvalue weighted by molar-refractivity contribution is -0.122. The lowest BCUT2D eigenvalue weighted by atomic mass is 10.2. The second-order valence-corrected chi connectivity index (χ2v) is 3.13. The van der Waals surface area contributed by atoms with E-state index in [0.717, 1.165) is 7.11 Å².